The van der Waals surface area contributed by atoms with Gasteiger partial charge in [0.25, 0.3) is 5.91 Å². The van der Waals surface area contributed by atoms with Crippen LogP contribution < -0.4 is 4.90 Å². The van der Waals surface area contributed by atoms with Crippen LogP contribution in [0.2, 0.25) is 0 Å². The summed E-state index contributed by atoms with van der Waals surface area (Å²) in [5, 5.41) is 0. The molecule has 8 heteroatoms. The molecular weight excluding hydrogens is 378 g/mol. The van der Waals surface area contributed by atoms with Crippen molar-refractivity contribution in [3.05, 3.63) is 59.5 Å². The molecule has 0 saturated carbocycles. The number of piperazine rings is 1. The van der Waals surface area contributed by atoms with Gasteiger partial charge >= 0.3 is 0 Å². The first-order valence-electron chi connectivity index (χ1n) is 9.49. The van der Waals surface area contributed by atoms with Gasteiger partial charge in [0.1, 0.15) is 12.3 Å². The number of likely N-dealkylation sites (N-methyl/N-ethyl adjacent to an activating group) is 1. The number of quaternary nitrogens is 1. The average molecular weight is 407 g/mol. The van der Waals surface area contributed by atoms with Crippen molar-refractivity contribution in [2.75, 3.05) is 39.8 Å². The van der Waals surface area contributed by atoms with Crippen molar-refractivity contribution in [1.29, 1.82) is 0 Å². The third-order valence-electron chi connectivity index (χ3n) is 4.90. The Balaban J connectivity index is 1.48. The topological polar surface area (TPSA) is 75.3 Å². The zero-order chi connectivity index (χ0) is 20.1. The molecule has 7 nitrogen and oxygen atoms in total. The lowest BCUT2D eigenvalue weighted by atomic mass is 10.2. The largest absolute Gasteiger partial charge is 0.460 e. The molecule has 2 heterocycles. The van der Waals surface area contributed by atoms with Crippen LogP contribution >= 0.6 is 0 Å². The molecule has 0 aliphatic carbocycles. The van der Waals surface area contributed by atoms with E-state index >= 15 is 0 Å². The minimum Gasteiger partial charge on any atom is -0.460 e. The number of carbonyl (C=O) groups is 1. The molecule has 1 aromatic carbocycles. The zero-order valence-corrected chi connectivity index (χ0v) is 17.2. The molecule has 1 unspecified atom stereocenters. The number of amides is 1. The molecule has 0 spiro atoms. The van der Waals surface area contributed by atoms with Gasteiger partial charge in [-0.05, 0) is 24.6 Å². The summed E-state index contributed by atoms with van der Waals surface area (Å²) in [6, 6.07) is 13.0. The molecule has 1 N–H and O–H groups in total. The van der Waals surface area contributed by atoms with E-state index in [0.29, 0.717) is 39.3 Å². The summed E-state index contributed by atoms with van der Waals surface area (Å²) in [7, 11) is -1.41. The predicted octanol–water partition coefficient (Wildman–Crippen LogP) is 0.277. The molecule has 1 fully saturated rings. The molecule has 3 rings (SSSR count). The second-order valence-corrected chi connectivity index (χ2v) is 9.31. The van der Waals surface area contributed by atoms with Crippen molar-refractivity contribution in [1.82, 2.24) is 9.21 Å². The highest BCUT2D eigenvalue weighted by Crippen LogP contribution is 2.13. The molecule has 1 amide bonds. The molecule has 28 heavy (non-hydrogen) atoms. The van der Waals surface area contributed by atoms with Gasteiger partial charge in [0, 0.05) is 26.2 Å². The second-order valence-electron chi connectivity index (χ2n) is 7.34. The van der Waals surface area contributed by atoms with Gasteiger partial charge in [-0.15, -0.1) is 0 Å². The Morgan fingerprint density at radius 3 is 2.36 bits per heavy atom. The fraction of sp³-hybridized carbons (Fsp3) is 0.450. The summed E-state index contributed by atoms with van der Waals surface area (Å²) in [5.41, 5.74) is 0.777. The highest BCUT2D eigenvalue weighted by molar-refractivity contribution is 7.88. The standard InChI is InChI=1S/C20H27N3O4S/c1-17-8-9-19(27-17)14-21(2)15-20(24)22-10-12-23(13-11-22)28(25,26)16-18-6-4-3-5-7-18/h3-9H,10-16H2,1-2H3/p+1. The van der Waals surface area contributed by atoms with Crippen molar-refractivity contribution in [2.45, 2.75) is 19.2 Å². The van der Waals surface area contributed by atoms with E-state index in [9.17, 15) is 13.2 Å². The van der Waals surface area contributed by atoms with Crippen molar-refractivity contribution < 1.29 is 22.5 Å². The van der Waals surface area contributed by atoms with Gasteiger partial charge in [-0.1, -0.05) is 30.3 Å². The van der Waals surface area contributed by atoms with E-state index < -0.39 is 10.0 Å². The van der Waals surface area contributed by atoms with E-state index in [2.05, 4.69) is 0 Å². The van der Waals surface area contributed by atoms with E-state index in [1.165, 1.54) is 4.31 Å². The molecule has 1 aromatic heterocycles. The van der Waals surface area contributed by atoms with Crippen LogP contribution in [0.5, 0.6) is 0 Å². The first-order chi connectivity index (χ1) is 13.3. The van der Waals surface area contributed by atoms with Crippen LogP contribution in [0, 0.1) is 6.92 Å². The number of aryl methyl sites for hydroxylation is 1. The van der Waals surface area contributed by atoms with Crippen molar-refractivity contribution in [3.63, 3.8) is 0 Å². The van der Waals surface area contributed by atoms with Crippen molar-refractivity contribution in [3.8, 4) is 0 Å². The second kappa shape index (κ2) is 8.89. The molecule has 2 aromatic rings. The lowest BCUT2D eigenvalue weighted by molar-refractivity contribution is -0.886. The average Bonchev–Trinajstić information content (AvgIpc) is 3.06. The Morgan fingerprint density at radius 1 is 1.07 bits per heavy atom. The minimum atomic E-state index is -3.37. The molecule has 1 atom stereocenters. The van der Waals surface area contributed by atoms with E-state index in [4.69, 9.17) is 4.42 Å². The van der Waals surface area contributed by atoms with Gasteiger partial charge < -0.3 is 14.2 Å². The lowest BCUT2D eigenvalue weighted by Crippen LogP contribution is -3.08. The third kappa shape index (κ3) is 5.43. The van der Waals surface area contributed by atoms with Crippen LogP contribution in [0.4, 0.5) is 0 Å². The third-order valence-corrected chi connectivity index (χ3v) is 6.75. The number of hydrogen-bond donors (Lipinski definition) is 1. The Morgan fingerprint density at radius 2 is 1.75 bits per heavy atom. The molecule has 1 aliphatic heterocycles. The molecule has 0 radical (unpaired) electrons. The van der Waals surface area contributed by atoms with Crippen LogP contribution in [0.25, 0.3) is 0 Å². The molecule has 1 saturated heterocycles. The van der Waals surface area contributed by atoms with Crippen LogP contribution in [0.15, 0.2) is 46.9 Å². The summed E-state index contributed by atoms with van der Waals surface area (Å²) in [6.45, 7) is 4.45. The molecule has 0 bridgehead atoms. The van der Waals surface area contributed by atoms with E-state index in [-0.39, 0.29) is 11.7 Å². The Bertz CT molecular complexity index is 887. The van der Waals surface area contributed by atoms with E-state index in [0.717, 1.165) is 22.0 Å². The van der Waals surface area contributed by atoms with Crippen molar-refractivity contribution >= 4 is 15.9 Å². The van der Waals surface area contributed by atoms with Crippen LogP contribution in [0.3, 0.4) is 0 Å². The number of rotatable bonds is 7. The molecular formula is C20H28N3O4S+. The Labute approximate surface area is 166 Å². The smallest absolute Gasteiger partial charge is 0.277 e. The number of nitrogens with one attached hydrogen (secondary N) is 1. The quantitative estimate of drug-likeness (QED) is 0.717. The van der Waals surface area contributed by atoms with Crippen LogP contribution in [0.1, 0.15) is 17.1 Å². The van der Waals surface area contributed by atoms with E-state index in [1.807, 2.05) is 56.4 Å². The number of hydrogen-bond acceptors (Lipinski definition) is 4. The number of benzene rings is 1. The highest BCUT2D eigenvalue weighted by Gasteiger charge is 2.29. The first-order valence-corrected chi connectivity index (χ1v) is 11.1. The summed E-state index contributed by atoms with van der Waals surface area (Å²) >= 11 is 0. The van der Waals surface area contributed by atoms with Gasteiger partial charge in [-0.2, -0.15) is 4.31 Å². The van der Waals surface area contributed by atoms with E-state index in [1.54, 1.807) is 4.90 Å². The first kappa shape index (κ1) is 20.6. The maximum absolute atomic E-state index is 12.6. The molecule has 152 valence electrons. The maximum atomic E-state index is 12.6. The maximum Gasteiger partial charge on any atom is 0.277 e. The fourth-order valence-corrected chi connectivity index (χ4v) is 4.92. The van der Waals surface area contributed by atoms with Crippen molar-refractivity contribution in [2.24, 2.45) is 0 Å². The fourth-order valence-electron chi connectivity index (χ4n) is 3.40. The SMILES string of the molecule is Cc1ccc(C[NH+](C)CC(=O)N2CCN(S(=O)(=O)Cc3ccccc3)CC2)o1. The highest BCUT2D eigenvalue weighted by atomic mass is 32.2. The normalized spacial score (nSPS) is 16.9. The lowest BCUT2D eigenvalue weighted by Gasteiger charge is -2.34. The summed E-state index contributed by atoms with van der Waals surface area (Å²) < 4.78 is 32.3. The Hall–Kier alpha value is -2.16. The number of carbonyl (C=O) groups excluding carboxylic acids is 1. The van der Waals surface area contributed by atoms with Gasteiger partial charge in [0.05, 0.1) is 12.8 Å². The van der Waals surface area contributed by atoms with Gasteiger partial charge in [0.2, 0.25) is 10.0 Å². The predicted molar refractivity (Wildman–Crippen MR) is 106 cm³/mol. The molecule has 1 aliphatic rings. The number of nitrogens with zero attached hydrogens (tertiary/aromatic N) is 2. The van der Waals surface area contributed by atoms with Gasteiger partial charge in [-0.3, -0.25) is 4.79 Å². The summed E-state index contributed by atoms with van der Waals surface area (Å²) in [4.78, 5) is 15.4. The number of furan rings is 1. The van der Waals surface area contributed by atoms with Gasteiger partial charge in [0.15, 0.2) is 12.3 Å². The summed E-state index contributed by atoms with van der Waals surface area (Å²) in [5.74, 6) is 1.76. The summed E-state index contributed by atoms with van der Waals surface area (Å²) in [6.07, 6.45) is 0. The number of sulfonamides is 1. The monoisotopic (exact) mass is 406 g/mol. The van der Waals surface area contributed by atoms with Crippen LogP contribution in [-0.4, -0.2) is 63.3 Å². The van der Waals surface area contributed by atoms with Gasteiger partial charge in [-0.25, -0.2) is 8.42 Å². The Kier molecular flexibility index (Phi) is 6.53. The zero-order valence-electron chi connectivity index (χ0n) is 16.4. The van der Waals surface area contributed by atoms with Crippen LogP contribution in [-0.2, 0) is 27.1 Å². The minimum absolute atomic E-state index is 0.00274.